The molecule has 1 aliphatic carbocycles. The van der Waals surface area contributed by atoms with Crippen molar-refractivity contribution in [3.63, 3.8) is 0 Å². The van der Waals surface area contributed by atoms with Crippen LogP contribution in [-0.2, 0) is 10.2 Å². The van der Waals surface area contributed by atoms with Crippen molar-refractivity contribution in [1.82, 2.24) is 9.03 Å². The lowest BCUT2D eigenvalue weighted by molar-refractivity contribution is 0.275. The van der Waals surface area contributed by atoms with Crippen LogP contribution < -0.4 is 4.72 Å². The number of aliphatic hydroxyl groups is 1. The number of hydrogen-bond donors (Lipinski definition) is 2. The normalized spacial score (nSPS) is 19.7. The fourth-order valence-corrected chi connectivity index (χ4v) is 3.07. The van der Waals surface area contributed by atoms with E-state index in [9.17, 15) is 8.42 Å². The van der Waals surface area contributed by atoms with Gasteiger partial charge in [0, 0.05) is 19.6 Å². The summed E-state index contributed by atoms with van der Waals surface area (Å²) in [6, 6.07) is 0.120. The van der Waals surface area contributed by atoms with Crippen LogP contribution >= 0.6 is 0 Å². The molecule has 6 heteroatoms. The second-order valence-corrected chi connectivity index (χ2v) is 5.75. The maximum Gasteiger partial charge on any atom is 0.279 e. The van der Waals surface area contributed by atoms with Crippen molar-refractivity contribution in [3.05, 3.63) is 0 Å². The molecule has 0 unspecified atom stereocenters. The molecular formula is C9H20N2O3S. The van der Waals surface area contributed by atoms with Gasteiger partial charge in [-0.25, -0.2) is 0 Å². The van der Waals surface area contributed by atoms with E-state index in [0.717, 1.165) is 25.7 Å². The maximum atomic E-state index is 11.7. The predicted molar refractivity (Wildman–Crippen MR) is 58.6 cm³/mol. The molecule has 5 nitrogen and oxygen atoms in total. The molecule has 0 atom stereocenters. The Labute approximate surface area is 91.7 Å². The predicted octanol–water partition coefficient (Wildman–Crippen LogP) is 0.0776. The molecule has 0 bridgehead atoms. The zero-order valence-electron chi connectivity index (χ0n) is 9.15. The lowest BCUT2D eigenvalue weighted by Crippen LogP contribution is -2.45. The first-order chi connectivity index (χ1) is 7.08. The fraction of sp³-hybridized carbons (Fsp3) is 1.00. The van der Waals surface area contributed by atoms with E-state index in [-0.39, 0.29) is 19.2 Å². The van der Waals surface area contributed by atoms with Crippen molar-refractivity contribution in [1.29, 1.82) is 0 Å². The minimum Gasteiger partial charge on any atom is -0.395 e. The molecule has 0 heterocycles. The van der Waals surface area contributed by atoms with E-state index in [2.05, 4.69) is 4.72 Å². The van der Waals surface area contributed by atoms with Crippen molar-refractivity contribution in [2.24, 2.45) is 0 Å². The molecule has 0 aromatic rings. The Morgan fingerprint density at radius 2 is 1.93 bits per heavy atom. The minimum absolute atomic E-state index is 0.0827. The van der Waals surface area contributed by atoms with Crippen LogP contribution in [0, 0.1) is 0 Å². The summed E-state index contributed by atoms with van der Waals surface area (Å²) in [4.78, 5) is 0. The molecule has 1 fully saturated rings. The van der Waals surface area contributed by atoms with Gasteiger partial charge in [-0.2, -0.15) is 17.4 Å². The van der Waals surface area contributed by atoms with Gasteiger partial charge in [-0.05, 0) is 12.8 Å². The van der Waals surface area contributed by atoms with Crippen LogP contribution in [0.15, 0.2) is 0 Å². The number of nitrogens with one attached hydrogen (secondary N) is 1. The second kappa shape index (κ2) is 5.79. The van der Waals surface area contributed by atoms with Crippen molar-refractivity contribution in [2.45, 2.75) is 38.1 Å². The third-order valence-electron chi connectivity index (χ3n) is 2.86. The van der Waals surface area contributed by atoms with Crippen LogP contribution in [0.4, 0.5) is 0 Å². The van der Waals surface area contributed by atoms with E-state index >= 15 is 0 Å². The molecule has 90 valence electrons. The Bertz CT molecular complexity index is 273. The van der Waals surface area contributed by atoms with Gasteiger partial charge in [0.05, 0.1) is 6.61 Å². The van der Waals surface area contributed by atoms with E-state index in [1.165, 1.54) is 10.7 Å². The van der Waals surface area contributed by atoms with Gasteiger partial charge >= 0.3 is 0 Å². The zero-order chi connectivity index (χ0) is 11.3. The summed E-state index contributed by atoms with van der Waals surface area (Å²) in [7, 11) is -1.79. The molecule has 0 aromatic carbocycles. The van der Waals surface area contributed by atoms with Gasteiger partial charge in [0.2, 0.25) is 0 Å². The smallest absolute Gasteiger partial charge is 0.279 e. The van der Waals surface area contributed by atoms with Crippen molar-refractivity contribution < 1.29 is 13.5 Å². The summed E-state index contributed by atoms with van der Waals surface area (Å²) in [6.45, 7) is -0.0862. The highest BCUT2D eigenvalue weighted by atomic mass is 32.2. The fourth-order valence-electron chi connectivity index (χ4n) is 1.92. The highest BCUT2D eigenvalue weighted by Gasteiger charge is 2.26. The first kappa shape index (κ1) is 12.9. The molecule has 1 rings (SSSR count). The van der Waals surface area contributed by atoms with E-state index in [1.807, 2.05) is 0 Å². The minimum atomic E-state index is -3.40. The Balaban J connectivity index is 2.53. The lowest BCUT2D eigenvalue weighted by atomic mass is 9.96. The van der Waals surface area contributed by atoms with E-state index < -0.39 is 10.2 Å². The molecule has 2 N–H and O–H groups in total. The molecule has 1 saturated carbocycles. The van der Waals surface area contributed by atoms with Crippen molar-refractivity contribution in [2.75, 3.05) is 20.2 Å². The number of hydrogen-bond acceptors (Lipinski definition) is 3. The SMILES string of the molecule is CN(C1CCCCC1)S(=O)(=O)NCCO. The maximum absolute atomic E-state index is 11.7. The molecule has 0 radical (unpaired) electrons. The van der Waals surface area contributed by atoms with Crippen LogP contribution in [0.5, 0.6) is 0 Å². The third-order valence-corrected chi connectivity index (χ3v) is 4.49. The van der Waals surface area contributed by atoms with Crippen LogP contribution in [0.1, 0.15) is 32.1 Å². The van der Waals surface area contributed by atoms with Crippen LogP contribution in [0.2, 0.25) is 0 Å². The largest absolute Gasteiger partial charge is 0.395 e. The number of rotatable bonds is 5. The molecule has 0 amide bonds. The Kier molecular flexibility index (Phi) is 4.98. The van der Waals surface area contributed by atoms with Gasteiger partial charge in [-0.3, -0.25) is 0 Å². The van der Waals surface area contributed by atoms with Crippen molar-refractivity contribution in [3.8, 4) is 0 Å². The first-order valence-corrected chi connectivity index (χ1v) is 6.85. The van der Waals surface area contributed by atoms with E-state index in [1.54, 1.807) is 7.05 Å². The molecule has 15 heavy (non-hydrogen) atoms. The molecule has 1 aliphatic rings. The van der Waals surface area contributed by atoms with Crippen LogP contribution in [-0.4, -0.2) is 44.1 Å². The standard InChI is InChI=1S/C9H20N2O3S/c1-11(9-5-3-2-4-6-9)15(13,14)10-7-8-12/h9-10,12H,2-8H2,1H3. The summed E-state index contributed by atoms with van der Waals surface area (Å²) in [5.41, 5.74) is 0. The quantitative estimate of drug-likeness (QED) is 0.710. The first-order valence-electron chi connectivity index (χ1n) is 5.41. The van der Waals surface area contributed by atoms with Gasteiger partial charge in [0.25, 0.3) is 10.2 Å². The van der Waals surface area contributed by atoms with Gasteiger partial charge in [-0.1, -0.05) is 19.3 Å². The average Bonchev–Trinajstić information content (AvgIpc) is 2.26. The zero-order valence-corrected chi connectivity index (χ0v) is 9.96. The summed E-state index contributed by atoms with van der Waals surface area (Å²) in [6.07, 6.45) is 5.29. The Morgan fingerprint density at radius 1 is 1.33 bits per heavy atom. The van der Waals surface area contributed by atoms with Gasteiger partial charge < -0.3 is 5.11 Å². The molecule has 0 spiro atoms. The van der Waals surface area contributed by atoms with Crippen LogP contribution in [0.3, 0.4) is 0 Å². The summed E-state index contributed by atoms with van der Waals surface area (Å²) >= 11 is 0. The molecule has 0 saturated heterocycles. The summed E-state index contributed by atoms with van der Waals surface area (Å²) in [5, 5.41) is 8.58. The summed E-state index contributed by atoms with van der Waals surface area (Å²) in [5.74, 6) is 0. The van der Waals surface area contributed by atoms with E-state index in [0.29, 0.717) is 0 Å². The summed E-state index contributed by atoms with van der Waals surface area (Å²) < 4.78 is 27.1. The highest BCUT2D eigenvalue weighted by Crippen LogP contribution is 2.22. The van der Waals surface area contributed by atoms with E-state index in [4.69, 9.17) is 5.11 Å². The molecular weight excluding hydrogens is 216 g/mol. The topological polar surface area (TPSA) is 69.6 Å². The average molecular weight is 236 g/mol. The monoisotopic (exact) mass is 236 g/mol. The number of aliphatic hydroxyl groups excluding tert-OH is 1. The lowest BCUT2D eigenvalue weighted by Gasteiger charge is -2.30. The van der Waals surface area contributed by atoms with Crippen molar-refractivity contribution >= 4 is 10.2 Å². The third kappa shape index (κ3) is 3.71. The highest BCUT2D eigenvalue weighted by molar-refractivity contribution is 7.87. The number of nitrogens with zero attached hydrogens (tertiary/aromatic N) is 1. The second-order valence-electron chi connectivity index (χ2n) is 3.93. The van der Waals surface area contributed by atoms with Gasteiger partial charge in [0.15, 0.2) is 0 Å². The Morgan fingerprint density at radius 3 is 2.47 bits per heavy atom. The van der Waals surface area contributed by atoms with Gasteiger partial charge in [-0.15, -0.1) is 0 Å². The molecule has 0 aromatic heterocycles. The Hall–Kier alpha value is -0.170. The van der Waals surface area contributed by atoms with Gasteiger partial charge in [0.1, 0.15) is 0 Å². The van der Waals surface area contributed by atoms with Crippen LogP contribution in [0.25, 0.3) is 0 Å². The molecule has 0 aliphatic heterocycles.